The topological polar surface area (TPSA) is 35.5 Å². The molecule has 0 saturated carbocycles. The lowest BCUT2D eigenvalue weighted by Gasteiger charge is -1.89. The average molecular weight is 135 g/mol. The number of alkyl halides is 1. The number of ether oxygens (including phenoxy) is 2. The zero-order valence-electron chi connectivity index (χ0n) is 3.89. The summed E-state index contributed by atoms with van der Waals surface area (Å²) in [5.74, 6) is 0.150. The Kier molecular flexibility index (Phi) is 1.13. The van der Waals surface area contributed by atoms with Gasteiger partial charge >= 0.3 is 6.16 Å². The first kappa shape index (κ1) is 5.44. The molecular weight excluding hydrogens is 131 g/mol. The molecule has 1 aliphatic heterocycles. The number of rotatable bonds is 0. The van der Waals surface area contributed by atoms with Gasteiger partial charge in [-0.05, 0) is 0 Å². The van der Waals surface area contributed by atoms with Crippen molar-refractivity contribution in [2.45, 2.75) is 5.56 Å². The molecule has 1 rings (SSSR count). The zero-order chi connectivity index (χ0) is 6.15. The Morgan fingerprint density at radius 1 is 1.75 bits per heavy atom. The van der Waals surface area contributed by atoms with Crippen molar-refractivity contribution < 1.29 is 14.3 Å². The van der Waals surface area contributed by atoms with Crippen LogP contribution in [0.25, 0.3) is 0 Å². The molecule has 1 heterocycles. The van der Waals surface area contributed by atoms with Gasteiger partial charge in [0.15, 0.2) is 5.76 Å². The first-order valence-corrected chi connectivity index (χ1v) is 2.35. The fraction of sp³-hybridized carbons (Fsp3) is 0.250. The molecule has 0 aromatic rings. The summed E-state index contributed by atoms with van der Waals surface area (Å²) in [7, 11) is 0. The molecule has 1 atom stereocenters. The smallest absolute Gasteiger partial charge is 0.406 e. The van der Waals surface area contributed by atoms with Crippen molar-refractivity contribution in [3.05, 3.63) is 12.3 Å². The summed E-state index contributed by atoms with van der Waals surface area (Å²) in [6, 6.07) is 0. The number of carbonyl (C=O) groups excluding carboxylic acids is 1. The number of halogens is 1. The number of carbonyl (C=O) groups is 1. The van der Waals surface area contributed by atoms with E-state index in [1.165, 1.54) is 0 Å². The Hall–Kier alpha value is -0.700. The average Bonchev–Trinajstić information content (AvgIpc) is 1.85. The van der Waals surface area contributed by atoms with Crippen LogP contribution in [0.3, 0.4) is 0 Å². The van der Waals surface area contributed by atoms with Gasteiger partial charge in [0, 0.05) is 0 Å². The third-order valence-corrected chi connectivity index (χ3v) is 1.000. The molecule has 8 heavy (non-hydrogen) atoms. The highest BCUT2D eigenvalue weighted by molar-refractivity contribution is 6.22. The van der Waals surface area contributed by atoms with Gasteiger partial charge in [-0.15, -0.1) is 0 Å². The van der Waals surface area contributed by atoms with Crippen LogP contribution in [0.1, 0.15) is 0 Å². The summed E-state index contributed by atoms with van der Waals surface area (Å²) in [6.45, 7) is 3.29. The Morgan fingerprint density at radius 3 is 2.50 bits per heavy atom. The van der Waals surface area contributed by atoms with E-state index in [-0.39, 0.29) is 5.76 Å². The molecule has 0 radical (unpaired) electrons. The van der Waals surface area contributed by atoms with E-state index in [0.717, 1.165) is 0 Å². The number of hydrogen-bond donors (Lipinski definition) is 0. The molecular formula is C4H3ClO3. The summed E-state index contributed by atoms with van der Waals surface area (Å²) >= 11 is 5.29. The van der Waals surface area contributed by atoms with Crippen LogP contribution in [0.4, 0.5) is 4.79 Å². The third kappa shape index (κ3) is 0.767. The molecule has 1 saturated heterocycles. The van der Waals surface area contributed by atoms with Crippen LogP contribution in [0.15, 0.2) is 12.3 Å². The molecule has 0 bridgehead atoms. The van der Waals surface area contributed by atoms with Crippen molar-refractivity contribution in [2.24, 2.45) is 0 Å². The van der Waals surface area contributed by atoms with Gasteiger partial charge in [-0.1, -0.05) is 18.2 Å². The molecule has 1 fully saturated rings. The highest BCUT2D eigenvalue weighted by Gasteiger charge is 2.26. The molecule has 4 heteroatoms. The molecule has 1 unspecified atom stereocenters. The van der Waals surface area contributed by atoms with Crippen LogP contribution in [0.2, 0.25) is 0 Å². The minimum absolute atomic E-state index is 0.150. The van der Waals surface area contributed by atoms with Crippen molar-refractivity contribution in [2.75, 3.05) is 0 Å². The molecule has 3 nitrogen and oxygen atoms in total. The summed E-state index contributed by atoms with van der Waals surface area (Å²) in [5, 5.41) is 0. The summed E-state index contributed by atoms with van der Waals surface area (Å²) in [6.07, 6.45) is -0.782. The first-order valence-electron chi connectivity index (χ1n) is 1.91. The van der Waals surface area contributed by atoms with E-state index in [0.29, 0.717) is 0 Å². The van der Waals surface area contributed by atoms with E-state index in [1.807, 2.05) is 0 Å². The quantitative estimate of drug-likeness (QED) is 0.369. The van der Waals surface area contributed by atoms with Gasteiger partial charge in [-0.3, -0.25) is 0 Å². The van der Waals surface area contributed by atoms with Crippen LogP contribution in [0.5, 0.6) is 0 Å². The van der Waals surface area contributed by atoms with Gasteiger partial charge in [0.05, 0.1) is 0 Å². The van der Waals surface area contributed by atoms with E-state index in [4.69, 9.17) is 11.6 Å². The van der Waals surface area contributed by atoms with Gasteiger partial charge < -0.3 is 9.47 Å². The highest BCUT2D eigenvalue weighted by atomic mass is 35.5. The fourth-order valence-electron chi connectivity index (χ4n) is 0.328. The van der Waals surface area contributed by atoms with Gasteiger partial charge in [0.1, 0.15) is 0 Å². The lowest BCUT2D eigenvalue weighted by molar-refractivity contribution is 0.131. The van der Waals surface area contributed by atoms with Gasteiger partial charge in [0.2, 0.25) is 5.56 Å². The lowest BCUT2D eigenvalue weighted by Crippen LogP contribution is -1.95. The SMILES string of the molecule is C=C1OC(=O)OC1Cl. The van der Waals surface area contributed by atoms with Gasteiger partial charge in [-0.25, -0.2) is 4.79 Å². The van der Waals surface area contributed by atoms with E-state index in [1.54, 1.807) is 0 Å². The minimum Gasteiger partial charge on any atom is -0.406 e. The first-order chi connectivity index (χ1) is 3.70. The van der Waals surface area contributed by atoms with Gasteiger partial charge in [-0.2, -0.15) is 0 Å². The fourth-order valence-corrected chi connectivity index (χ4v) is 0.445. The van der Waals surface area contributed by atoms with Crippen molar-refractivity contribution in [1.82, 2.24) is 0 Å². The number of hydrogen-bond acceptors (Lipinski definition) is 3. The Labute approximate surface area is 50.8 Å². The van der Waals surface area contributed by atoms with Crippen molar-refractivity contribution in [3.63, 3.8) is 0 Å². The molecule has 0 aromatic heterocycles. The predicted molar refractivity (Wildman–Crippen MR) is 26.3 cm³/mol. The molecule has 0 N–H and O–H groups in total. The maximum absolute atomic E-state index is 10.1. The van der Waals surface area contributed by atoms with Crippen LogP contribution in [-0.2, 0) is 9.47 Å². The van der Waals surface area contributed by atoms with E-state index < -0.39 is 11.7 Å². The van der Waals surface area contributed by atoms with Crippen LogP contribution >= 0.6 is 11.6 Å². The second-order valence-electron chi connectivity index (χ2n) is 1.25. The van der Waals surface area contributed by atoms with E-state index in [9.17, 15) is 4.79 Å². The molecule has 1 aliphatic rings. The largest absolute Gasteiger partial charge is 0.515 e. The minimum atomic E-state index is -0.803. The second kappa shape index (κ2) is 1.67. The lowest BCUT2D eigenvalue weighted by atomic mass is 10.6. The predicted octanol–water partition coefficient (Wildman–Crippen LogP) is 1.23. The maximum Gasteiger partial charge on any atom is 0.515 e. The van der Waals surface area contributed by atoms with Crippen molar-refractivity contribution >= 4 is 17.8 Å². The highest BCUT2D eigenvalue weighted by Crippen LogP contribution is 2.19. The maximum atomic E-state index is 10.1. The molecule has 44 valence electrons. The summed E-state index contributed by atoms with van der Waals surface area (Å²) < 4.78 is 8.56. The van der Waals surface area contributed by atoms with Crippen LogP contribution < -0.4 is 0 Å². The van der Waals surface area contributed by atoms with Crippen molar-refractivity contribution in [1.29, 1.82) is 0 Å². The normalized spacial score (nSPS) is 27.4. The summed E-state index contributed by atoms with van der Waals surface area (Å²) in [5.41, 5.74) is -0.803. The Balaban J connectivity index is 2.64. The summed E-state index contributed by atoms with van der Waals surface area (Å²) in [4.78, 5) is 10.1. The third-order valence-electron chi connectivity index (χ3n) is 0.667. The molecule has 0 spiro atoms. The van der Waals surface area contributed by atoms with Gasteiger partial charge in [0.25, 0.3) is 0 Å². The molecule has 0 aliphatic carbocycles. The van der Waals surface area contributed by atoms with E-state index in [2.05, 4.69) is 16.1 Å². The Bertz CT molecular complexity index is 142. The Morgan fingerprint density at radius 2 is 2.38 bits per heavy atom. The number of cyclic esters (lactones) is 2. The second-order valence-corrected chi connectivity index (χ2v) is 1.65. The van der Waals surface area contributed by atoms with Crippen LogP contribution in [0, 0.1) is 0 Å². The molecule has 0 amide bonds. The van der Waals surface area contributed by atoms with Crippen LogP contribution in [-0.4, -0.2) is 11.7 Å². The molecule has 0 aromatic carbocycles. The monoisotopic (exact) mass is 134 g/mol. The van der Waals surface area contributed by atoms with E-state index >= 15 is 0 Å². The van der Waals surface area contributed by atoms with Crippen molar-refractivity contribution in [3.8, 4) is 0 Å². The standard InChI is InChI=1S/C4H3ClO3/c1-2-3(5)8-4(6)7-2/h3H,1H2. The zero-order valence-corrected chi connectivity index (χ0v) is 4.64.